The van der Waals surface area contributed by atoms with Crippen LogP contribution < -0.4 is 4.74 Å². The summed E-state index contributed by atoms with van der Waals surface area (Å²) in [7, 11) is 0. The fraction of sp³-hybridized carbons (Fsp3) is 0.214. The number of aliphatic carboxylic acids is 1. The van der Waals surface area contributed by atoms with Crippen molar-refractivity contribution in [2.45, 2.75) is 13.3 Å². The van der Waals surface area contributed by atoms with Crippen LogP contribution in [0.1, 0.15) is 18.9 Å². The molecule has 0 amide bonds. The Bertz CT molecular complexity index is 478. The zero-order valence-corrected chi connectivity index (χ0v) is 10.9. The molecule has 0 saturated carbocycles. The number of para-hydroxylation sites is 1. The second-order valence-corrected chi connectivity index (χ2v) is 4.13. The smallest absolute Gasteiger partial charge is 0.328 e. The van der Waals surface area contributed by atoms with Crippen LogP contribution in [0.15, 0.2) is 36.4 Å². The van der Waals surface area contributed by atoms with Crippen molar-refractivity contribution in [3.63, 3.8) is 0 Å². The second-order valence-electron chi connectivity index (χ2n) is 3.72. The molecule has 0 spiro atoms. The summed E-state index contributed by atoms with van der Waals surface area (Å²) in [5, 5.41) is 9.07. The average molecular weight is 267 g/mol. The first-order valence-corrected chi connectivity index (χ1v) is 5.91. The van der Waals surface area contributed by atoms with E-state index in [-0.39, 0.29) is 0 Å². The molecule has 0 fully saturated rings. The maximum Gasteiger partial charge on any atom is 0.328 e. The first-order chi connectivity index (χ1) is 8.54. The predicted octanol–water partition coefficient (Wildman–Crippen LogP) is 3.78. The first kappa shape index (κ1) is 14.3. The fourth-order valence-corrected chi connectivity index (χ4v) is 1.48. The van der Waals surface area contributed by atoms with Gasteiger partial charge in [0, 0.05) is 11.6 Å². The van der Waals surface area contributed by atoms with E-state index in [1.807, 2.05) is 6.92 Å². The van der Waals surface area contributed by atoms with Crippen LogP contribution in [0.5, 0.6) is 5.75 Å². The van der Waals surface area contributed by atoms with Crippen molar-refractivity contribution in [1.29, 1.82) is 0 Å². The van der Waals surface area contributed by atoms with Crippen LogP contribution in [0.25, 0.3) is 6.08 Å². The van der Waals surface area contributed by atoms with Crippen LogP contribution >= 0.6 is 11.6 Å². The molecule has 4 heteroatoms. The molecule has 1 aromatic carbocycles. The Hall–Kier alpha value is -1.74. The molecule has 0 aliphatic carbocycles. The number of carboxylic acids is 1. The lowest BCUT2D eigenvalue weighted by molar-refractivity contribution is -0.131. The molecule has 96 valence electrons. The molecule has 3 nitrogen and oxygen atoms in total. The van der Waals surface area contributed by atoms with Gasteiger partial charge < -0.3 is 9.84 Å². The molecular formula is C14H15ClO3. The van der Waals surface area contributed by atoms with Gasteiger partial charge in [0.05, 0.1) is 5.02 Å². The largest absolute Gasteiger partial charge is 0.487 e. The number of ether oxygens (including phenoxy) is 1. The maximum absolute atomic E-state index is 10.5. The zero-order valence-electron chi connectivity index (χ0n) is 10.1. The van der Waals surface area contributed by atoms with E-state index < -0.39 is 5.97 Å². The van der Waals surface area contributed by atoms with Crippen LogP contribution in [0, 0.1) is 0 Å². The van der Waals surface area contributed by atoms with E-state index in [1.54, 1.807) is 18.2 Å². The van der Waals surface area contributed by atoms with Crippen LogP contribution in [0.2, 0.25) is 5.02 Å². The standard InChI is InChI=1S/C14H15ClO3/c1-3-10(2)9-18-14-11(7-8-13(16)17)5-4-6-12(14)15/h4-8H,2-3,9H2,1H3,(H,16,17)/b8-7+. The molecule has 18 heavy (non-hydrogen) atoms. The zero-order chi connectivity index (χ0) is 13.5. The third kappa shape index (κ3) is 4.26. The van der Waals surface area contributed by atoms with Crippen molar-refractivity contribution < 1.29 is 14.6 Å². The molecule has 0 aromatic heterocycles. The Balaban J connectivity index is 2.93. The average Bonchev–Trinajstić information content (AvgIpc) is 2.34. The minimum absolute atomic E-state index is 0.369. The predicted molar refractivity (Wildman–Crippen MR) is 73.0 cm³/mol. The molecule has 0 aliphatic rings. The van der Waals surface area contributed by atoms with Crippen molar-refractivity contribution in [2.24, 2.45) is 0 Å². The summed E-state index contributed by atoms with van der Waals surface area (Å²) in [4.78, 5) is 10.5. The molecule has 0 aliphatic heterocycles. The minimum Gasteiger partial charge on any atom is -0.487 e. The summed E-state index contributed by atoms with van der Waals surface area (Å²) in [6.45, 7) is 6.20. The van der Waals surface area contributed by atoms with E-state index in [2.05, 4.69) is 6.58 Å². The molecule has 1 N–H and O–H groups in total. The number of hydrogen-bond donors (Lipinski definition) is 1. The Labute approximate surface area is 111 Å². The van der Waals surface area contributed by atoms with Gasteiger partial charge in [-0.1, -0.05) is 37.2 Å². The third-order valence-corrected chi connectivity index (χ3v) is 2.62. The van der Waals surface area contributed by atoms with E-state index >= 15 is 0 Å². The van der Waals surface area contributed by atoms with Crippen molar-refractivity contribution in [2.75, 3.05) is 6.61 Å². The molecular weight excluding hydrogens is 252 g/mol. The molecule has 1 aromatic rings. The number of carboxylic acid groups (broad SMARTS) is 1. The Morgan fingerprint density at radius 2 is 2.28 bits per heavy atom. The summed E-state index contributed by atoms with van der Waals surface area (Å²) >= 11 is 6.04. The maximum atomic E-state index is 10.5. The SMILES string of the molecule is C=C(CC)COc1c(Cl)cccc1/C=C/C(=O)O. The van der Waals surface area contributed by atoms with Crippen molar-refractivity contribution in [1.82, 2.24) is 0 Å². The molecule has 0 atom stereocenters. The number of benzene rings is 1. The molecule has 0 saturated heterocycles. The number of rotatable bonds is 6. The van der Waals surface area contributed by atoms with E-state index in [4.69, 9.17) is 21.4 Å². The van der Waals surface area contributed by atoms with Crippen molar-refractivity contribution >= 4 is 23.6 Å². The van der Waals surface area contributed by atoms with Crippen LogP contribution in [-0.4, -0.2) is 17.7 Å². The van der Waals surface area contributed by atoms with E-state index in [9.17, 15) is 4.79 Å². The summed E-state index contributed by atoms with van der Waals surface area (Å²) in [5.41, 5.74) is 1.58. The summed E-state index contributed by atoms with van der Waals surface area (Å²) < 4.78 is 5.58. The van der Waals surface area contributed by atoms with Gasteiger partial charge in [-0.3, -0.25) is 0 Å². The van der Waals surface area contributed by atoms with Crippen LogP contribution in [0.3, 0.4) is 0 Å². The summed E-state index contributed by atoms with van der Waals surface area (Å²) in [6.07, 6.45) is 3.33. The van der Waals surface area contributed by atoms with Gasteiger partial charge in [-0.05, 0) is 24.1 Å². The first-order valence-electron chi connectivity index (χ1n) is 5.53. The van der Waals surface area contributed by atoms with E-state index in [0.29, 0.717) is 22.9 Å². The Morgan fingerprint density at radius 1 is 1.56 bits per heavy atom. The van der Waals surface area contributed by atoms with Gasteiger partial charge in [-0.15, -0.1) is 0 Å². The topological polar surface area (TPSA) is 46.5 Å². The van der Waals surface area contributed by atoms with Gasteiger partial charge in [0.25, 0.3) is 0 Å². The van der Waals surface area contributed by atoms with Gasteiger partial charge in [0.1, 0.15) is 12.4 Å². The van der Waals surface area contributed by atoms with Crippen LogP contribution in [0.4, 0.5) is 0 Å². The number of hydrogen-bond acceptors (Lipinski definition) is 2. The molecule has 0 heterocycles. The van der Waals surface area contributed by atoms with Gasteiger partial charge >= 0.3 is 5.97 Å². The Kier molecular flexibility index (Phi) is 5.46. The highest BCUT2D eigenvalue weighted by atomic mass is 35.5. The lowest BCUT2D eigenvalue weighted by Gasteiger charge is -2.11. The normalized spacial score (nSPS) is 10.6. The molecule has 0 unspecified atom stereocenters. The quantitative estimate of drug-likeness (QED) is 0.629. The number of halogens is 1. The Morgan fingerprint density at radius 3 is 2.89 bits per heavy atom. The minimum atomic E-state index is -1.01. The van der Waals surface area contributed by atoms with E-state index in [1.165, 1.54) is 6.08 Å². The van der Waals surface area contributed by atoms with E-state index in [0.717, 1.165) is 18.1 Å². The van der Waals surface area contributed by atoms with Crippen molar-refractivity contribution in [3.8, 4) is 5.75 Å². The highest BCUT2D eigenvalue weighted by molar-refractivity contribution is 6.32. The highest BCUT2D eigenvalue weighted by Crippen LogP contribution is 2.30. The van der Waals surface area contributed by atoms with Gasteiger partial charge in [-0.25, -0.2) is 4.79 Å². The summed E-state index contributed by atoms with van der Waals surface area (Å²) in [6, 6.07) is 5.18. The fourth-order valence-electron chi connectivity index (χ4n) is 1.25. The lowest BCUT2D eigenvalue weighted by atomic mass is 10.2. The second kappa shape index (κ2) is 6.87. The number of carbonyl (C=O) groups is 1. The highest BCUT2D eigenvalue weighted by Gasteiger charge is 2.07. The lowest BCUT2D eigenvalue weighted by Crippen LogP contribution is -2.01. The van der Waals surface area contributed by atoms with Crippen molar-refractivity contribution in [3.05, 3.63) is 47.0 Å². The van der Waals surface area contributed by atoms with Crippen LogP contribution in [-0.2, 0) is 4.79 Å². The molecule has 1 rings (SSSR count). The monoisotopic (exact) mass is 266 g/mol. The van der Waals surface area contributed by atoms with Gasteiger partial charge in [-0.2, -0.15) is 0 Å². The van der Waals surface area contributed by atoms with Gasteiger partial charge in [0.2, 0.25) is 0 Å². The summed E-state index contributed by atoms with van der Waals surface area (Å²) in [5.74, 6) is -0.537. The van der Waals surface area contributed by atoms with Gasteiger partial charge in [0.15, 0.2) is 0 Å². The molecule has 0 bridgehead atoms. The third-order valence-electron chi connectivity index (χ3n) is 2.32. The molecule has 0 radical (unpaired) electrons.